The Morgan fingerprint density at radius 2 is 1.64 bits per heavy atom. The molecular formula is C31H37F2N7O4S. The van der Waals surface area contributed by atoms with Gasteiger partial charge in [-0.3, -0.25) is 4.79 Å². The van der Waals surface area contributed by atoms with Gasteiger partial charge in [-0.05, 0) is 28.7 Å². The fourth-order valence-electron chi connectivity index (χ4n) is 4.72. The van der Waals surface area contributed by atoms with E-state index in [-0.39, 0.29) is 41.9 Å². The van der Waals surface area contributed by atoms with Gasteiger partial charge in [0.2, 0.25) is 10.0 Å². The highest BCUT2D eigenvalue weighted by Gasteiger charge is 2.41. The Kier molecular flexibility index (Phi) is 10.1. The average molecular weight is 642 g/mol. The first-order chi connectivity index (χ1) is 21.2. The molecule has 0 saturated carbocycles. The lowest BCUT2D eigenvalue weighted by atomic mass is 9.87. The highest BCUT2D eigenvalue weighted by atomic mass is 32.2. The van der Waals surface area contributed by atoms with Gasteiger partial charge in [0, 0.05) is 38.2 Å². The van der Waals surface area contributed by atoms with Crippen LogP contribution in [0.15, 0.2) is 72.1 Å². The summed E-state index contributed by atoms with van der Waals surface area (Å²) in [6.45, 7) is 8.20. The number of rotatable bonds is 7. The molecule has 0 unspecified atom stereocenters. The van der Waals surface area contributed by atoms with E-state index >= 15 is 0 Å². The van der Waals surface area contributed by atoms with Crippen LogP contribution < -0.4 is 10.6 Å². The van der Waals surface area contributed by atoms with E-state index in [9.17, 15) is 27.1 Å². The van der Waals surface area contributed by atoms with Crippen molar-refractivity contribution in [2.75, 3.05) is 24.5 Å². The van der Waals surface area contributed by atoms with E-state index in [1.807, 2.05) is 20.8 Å². The van der Waals surface area contributed by atoms with E-state index < -0.39 is 28.0 Å². The van der Waals surface area contributed by atoms with Gasteiger partial charge in [0.15, 0.2) is 5.65 Å². The number of carboxylic acid groups (broad SMARTS) is 1. The number of nitrogens with two attached hydrogens (primary N) is 1. The molecule has 11 nitrogen and oxygen atoms in total. The summed E-state index contributed by atoms with van der Waals surface area (Å²) >= 11 is 0. The number of benzene rings is 2. The van der Waals surface area contributed by atoms with Gasteiger partial charge in [-0.15, -0.1) is 0 Å². The monoisotopic (exact) mass is 641 g/mol. The molecule has 4 aromatic rings. The van der Waals surface area contributed by atoms with E-state index in [0.29, 0.717) is 23.5 Å². The van der Waals surface area contributed by atoms with Gasteiger partial charge in [0.05, 0.1) is 17.3 Å². The molecular weight excluding hydrogens is 604 g/mol. The SMILES string of the molecule is CC(C)(C)c1ccc(S(=O)(=O)N2CCN(c3cnc4cncnc4n3)C[C@@H]2C(=O)O)cc1.CCC(F)(F)c1ccc(CN)cc1. The van der Waals surface area contributed by atoms with E-state index in [1.165, 1.54) is 49.9 Å². The second-order valence-electron chi connectivity index (χ2n) is 11.6. The highest BCUT2D eigenvalue weighted by Crippen LogP contribution is 2.31. The number of sulfonamides is 1. The highest BCUT2D eigenvalue weighted by molar-refractivity contribution is 7.89. The van der Waals surface area contributed by atoms with E-state index in [2.05, 4.69) is 19.9 Å². The molecule has 14 heteroatoms. The summed E-state index contributed by atoms with van der Waals surface area (Å²) in [6, 6.07) is 11.5. The first-order valence-corrected chi connectivity index (χ1v) is 15.8. The number of hydrogen-bond donors (Lipinski definition) is 2. The van der Waals surface area contributed by atoms with Crippen molar-refractivity contribution < 1.29 is 27.1 Å². The quantitative estimate of drug-likeness (QED) is 0.298. The summed E-state index contributed by atoms with van der Waals surface area (Å²) in [6.07, 6.45) is 4.24. The van der Waals surface area contributed by atoms with Crippen LogP contribution in [0.5, 0.6) is 0 Å². The summed E-state index contributed by atoms with van der Waals surface area (Å²) in [7, 11) is -3.99. The number of alkyl halides is 2. The topological polar surface area (TPSA) is 156 Å². The van der Waals surface area contributed by atoms with Crippen molar-refractivity contribution in [1.29, 1.82) is 0 Å². The Morgan fingerprint density at radius 3 is 2.22 bits per heavy atom. The van der Waals surface area contributed by atoms with Crippen molar-refractivity contribution in [3.63, 3.8) is 0 Å². The Morgan fingerprint density at radius 1 is 1.00 bits per heavy atom. The van der Waals surface area contributed by atoms with Crippen molar-refractivity contribution >= 4 is 33.0 Å². The lowest BCUT2D eigenvalue weighted by Crippen LogP contribution is -2.58. The third kappa shape index (κ3) is 7.75. The van der Waals surface area contributed by atoms with Gasteiger partial charge in [-0.1, -0.05) is 64.1 Å². The predicted molar refractivity (Wildman–Crippen MR) is 166 cm³/mol. The summed E-state index contributed by atoms with van der Waals surface area (Å²) in [5.74, 6) is -3.50. The Bertz CT molecular complexity index is 1730. The molecule has 1 aliphatic heterocycles. The molecule has 45 heavy (non-hydrogen) atoms. The Balaban J connectivity index is 0.000000297. The maximum Gasteiger partial charge on any atom is 0.323 e. The fourth-order valence-corrected chi connectivity index (χ4v) is 6.29. The molecule has 2 aromatic carbocycles. The Labute approximate surface area is 261 Å². The molecule has 0 aliphatic carbocycles. The van der Waals surface area contributed by atoms with Crippen molar-refractivity contribution in [2.24, 2.45) is 5.73 Å². The van der Waals surface area contributed by atoms with Gasteiger partial charge in [0.25, 0.3) is 5.92 Å². The number of aliphatic carboxylic acids is 1. The number of anilines is 1. The normalized spacial score (nSPS) is 16.2. The molecule has 3 N–H and O–H groups in total. The minimum Gasteiger partial charge on any atom is -0.480 e. The van der Waals surface area contributed by atoms with Crippen LogP contribution in [0.3, 0.4) is 0 Å². The number of hydrogen-bond acceptors (Lipinski definition) is 9. The number of aromatic nitrogens is 4. The molecule has 240 valence electrons. The predicted octanol–water partition coefficient (Wildman–Crippen LogP) is 4.33. The van der Waals surface area contributed by atoms with Crippen LogP contribution in [-0.2, 0) is 32.7 Å². The van der Waals surface area contributed by atoms with Crippen LogP contribution in [-0.4, -0.2) is 69.4 Å². The average Bonchev–Trinajstić information content (AvgIpc) is 3.04. The van der Waals surface area contributed by atoms with E-state index in [4.69, 9.17) is 5.73 Å². The van der Waals surface area contributed by atoms with Crippen LogP contribution in [0.1, 0.15) is 50.8 Å². The maximum absolute atomic E-state index is 13.3. The standard InChI is InChI=1S/C21H24N6O4S.C10H13F2N/c1-21(2,3)14-4-6-15(7-5-14)32(30,31)27-9-8-26(12-17(27)20(28)29)18-11-23-16-10-22-13-24-19(16)25-18;1-2-10(11,12)9-5-3-8(7-13)4-6-9/h4-7,10-11,13,17H,8-9,12H2,1-3H3,(H,28,29);3-6H,2,7,13H2,1H3/t17-;/m1./s1. The van der Waals surface area contributed by atoms with Gasteiger partial charge >= 0.3 is 5.97 Å². The van der Waals surface area contributed by atoms with E-state index in [0.717, 1.165) is 15.4 Å². The zero-order chi connectivity index (χ0) is 33.0. The van der Waals surface area contributed by atoms with Gasteiger partial charge < -0.3 is 15.7 Å². The minimum atomic E-state index is -3.99. The molecule has 3 heterocycles. The summed E-state index contributed by atoms with van der Waals surface area (Å²) in [5.41, 5.74) is 8.07. The molecule has 0 spiro atoms. The van der Waals surface area contributed by atoms with Crippen molar-refractivity contribution in [2.45, 2.75) is 62.9 Å². The summed E-state index contributed by atoms with van der Waals surface area (Å²) < 4.78 is 53.8. The third-order valence-corrected chi connectivity index (χ3v) is 9.46. The smallest absolute Gasteiger partial charge is 0.323 e. The molecule has 5 rings (SSSR count). The zero-order valence-electron chi connectivity index (χ0n) is 25.6. The first-order valence-electron chi connectivity index (χ1n) is 14.4. The molecule has 0 bridgehead atoms. The molecule has 0 radical (unpaired) electrons. The first kappa shape index (κ1) is 33.7. The van der Waals surface area contributed by atoms with Crippen LogP contribution in [0.2, 0.25) is 0 Å². The molecule has 1 aliphatic rings. The molecule has 1 saturated heterocycles. The molecule has 1 fully saturated rings. The minimum absolute atomic E-state index is 0.00378. The number of carboxylic acids is 1. The van der Waals surface area contributed by atoms with Gasteiger partial charge in [-0.2, -0.15) is 4.31 Å². The van der Waals surface area contributed by atoms with Gasteiger partial charge in [0.1, 0.15) is 23.7 Å². The van der Waals surface area contributed by atoms with Crippen LogP contribution in [0.25, 0.3) is 11.2 Å². The fraction of sp³-hybridized carbons (Fsp3) is 0.387. The van der Waals surface area contributed by atoms with Crippen molar-refractivity contribution in [1.82, 2.24) is 24.2 Å². The van der Waals surface area contributed by atoms with Crippen molar-refractivity contribution in [3.8, 4) is 0 Å². The van der Waals surface area contributed by atoms with E-state index in [1.54, 1.807) is 29.2 Å². The largest absolute Gasteiger partial charge is 0.480 e. The number of piperazine rings is 1. The summed E-state index contributed by atoms with van der Waals surface area (Å²) in [4.78, 5) is 30.5. The Hall–Kier alpha value is -4.14. The number of nitrogens with zero attached hydrogens (tertiary/aromatic N) is 6. The van der Waals surface area contributed by atoms with Crippen molar-refractivity contribution in [3.05, 3.63) is 83.9 Å². The molecule has 0 amide bonds. The lowest BCUT2D eigenvalue weighted by molar-refractivity contribution is -0.141. The number of halogens is 2. The molecule has 1 atom stereocenters. The van der Waals surface area contributed by atoms with Crippen LogP contribution in [0.4, 0.5) is 14.6 Å². The number of fused-ring (bicyclic) bond motifs is 1. The lowest BCUT2D eigenvalue weighted by Gasteiger charge is -2.38. The van der Waals surface area contributed by atoms with Crippen LogP contribution >= 0.6 is 0 Å². The zero-order valence-corrected chi connectivity index (χ0v) is 26.4. The maximum atomic E-state index is 13.3. The van der Waals surface area contributed by atoms with Gasteiger partial charge in [-0.25, -0.2) is 37.1 Å². The second kappa shape index (κ2) is 13.5. The summed E-state index contributed by atoms with van der Waals surface area (Å²) in [5, 5.41) is 9.82. The van der Waals surface area contributed by atoms with Crippen LogP contribution in [0, 0.1) is 0 Å². The third-order valence-electron chi connectivity index (χ3n) is 7.54. The number of carbonyl (C=O) groups is 1. The second-order valence-corrected chi connectivity index (χ2v) is 13.5. The molecule has 2 aromatic heterocycles.